The van der Waals surface area contributed by atoms with E-state index < -0.39 is 0 Å². The van der Waals surface area contributed by atoms with Gasteiger partial charge in [-0.25, -0.2) is 0 Å². The minimum absolute atomic E-state index is 0.367. The van der Waals surface area contributed by atoms with Crippen molar-refractivity contribution in [3.05, 3.63) is 65.2 Å². The third kappa shape index (κ3) is 2.82. The maximum atomic E-state index is 6.12. The van der Waals surface area contributed by atoms with Crippen LogP contribution in [0.2, 0.25) is 5.02 Å². The Hall–Kier alpha value is -1.51. The molecule has 1 saturated heterocycles. The highest BCUT2D eigenvalue weighted by Gasteiger charge is 2.26. The van der Waals surface area contributed by atoms with E-state index in [1.807, 2.05) is 18.2 Å². The van der Waals surface area contributed by atoms with Crippen LogP contribution in [0, 0.1) is 0 Å². The Morgan fingerprint density at radius 2 is 1.90 bits per heavy atom. The lowest BCUT2D eigenvalue weighted by molar-refractivity contribution is 0.414. The Morgan fingerprint density at radius 3 is 2.65 bits per heavy atom. The molecule has 0 amide bonds. The van der Waals surface area contributed by atoms with E-state index in [2.05, 4.69) is 53.5 Å². The highest BCUT2D eigenvalue weighted by Crippen LogP contribution is 2.27. The lowest BCUT2D eigenvalue weighted by Gasteiger charge is -2.40. The smallest absolute Gasteiger partial charge is 0.0499 e. The van der Waals surface area contributed by atoms with Crippen molar-refractivity contribution < 1.29 is 0 Å². The molecule has 1 aliphatic rings. The number of piperazine rings is 1. The number of hydrogen-bond acceptors (Lipinski definition) is 2. The molecule has 2 aromatic carbocycles. The Bertz CT molecular complexity index is 570. The van der Waals surface area contributed by atoms with E-state index in [-0.39, 0.29) is 0 Å². The first-order valence-corrected chi connectivity index (χ1v) is 7.42. The molecular weight excluding hydrogens is 268 g/mol. The molecule has 0 radical (unpaired) electrons. The normalized spacial score (nSPS) is 22.8. The van der Waals surface area contributed by atoms with Gasteiger partial charge in [0.15, 0.2) is 0 Å². The van der Waals surface area contributed by atoms with E-state index in [9.17, 15) is 0 Å². The second-order valence-corrected chi connectivity index (χ2v) is 5.79. The van der Waals surface area contributed by atoms with E-state index in [0.29, 0.717) is 12.1 Å². The summed E-state index contributed by atoms with van der Waals surface area (Å²) < 4.78 is 0. The average molecular weight is 287 g/mol. The van der Waals surface area contributed by atoms with Gasteiger partial charge in [0.25, 0.3) is 0 Å². The highest BCUT2D eigenvalue weighted by atomic mass is 35.5. The molecule has 0 bridgehead atoms. The van der Waals surface area contributed by atoms with Gasteiger partial charge in [-0.2, -0.15) is 0 Å². The minimum Gasteiger partial charge on any atom is -0.366 e. The molecule has 2 aromatic rings. The van der Waals surface area contributed by atoms with Crippen molar-refractivity contribution in [1.82, 2.24) is 5.32 Å². The number of rotatable bonds is 2. The van der Waals surface area contributed by atoms with Gasteiger partial charge in [-0.05, 0) is 30.7 Å². The Labute approximate surface area is 125 Å². The van der Waals surface area contributed by atoms with E-state index in [1.54, 1.807) is 0 Å². The summed E-state index contributed by atoms with van der Waals surface area (Å²) in [6.07, 6.45) is 0. The summed E-state index contributed by atoms with van der Waals surface area (Å²) in [7, 11) is 0. The van der Waals surface area contributed by atoms with Crippen LogP contribution < -0.4 is 10.2 Å². The lowest BCUT2D eigenvalue weighted by atomic mass is 10.0. The monoisotopic (exact) mass is 286 g/mol. The highest BCUT2D eigenvalue weighted by molar-refractivity contribution is 6.30. The number of halogens is 1. The standard InChI is InChI=1S/C17H19ClN2/c1-13-11-19-17(14-6-3-2-4-7-14)12-20(13)16-9-5-8-15(18)10-16/h2-10,13,17,19H,11-12H2,1H3. The zero-order chi connectivity index (χ0) is 13.9. The van der Waals surface area contributed by atoms with Crippen LogP contribution in [0.1, 0.15) is 18.5 Å². The molecule has 1 aliphatic heterocycles. The number of nitrogens with zero attached hydrogens (tertiary/aromatic N) is 1. The Morgan fingerprint density at radius 1 is 1.10 bits per heavy atom. The molecule has 0 aliphatic carbocycles. The summed E-state index contributed by atoms with van der Waals surface area (Å²) in [6, 6.07) is 19.6. The van der Waals surface area contributed by atoms with Crippen LogP contribution in [0.3, 0.4) is 0 Å². The van der Waals surface area contributed by atoms with Gasteiger partial charge in [0.05, 0.1) is 0 Å². The molecule has 1 heterocycles. The van der Waals surface area contributed by atoms with Gasteiger partial charge in [-0.15, -0.1) is 0 Å². The zero-order valence-corrected chi connectivity index (χ0v) is 12.3. The molecule has 1 N–H and O–H groups in total. The molecule has 20 heavy (non-hydrogen) atoms. The first-order chi connectivity index (χ1) is 9.74. The molecular formula is C17H19ClN2. The zero-order valence-electron chi connectivity index (χ0n) is 11.6. The molecule has 0 saturated carbocycles. The topological polar surface area (TPSA) is 15.3 Å². The van der Waals surface area contributed by atoms with Gasteiger partial charge in [-0.1, -0.05) is 48.0 Å². The van der Waals surface area contributed by atoms with Crippen molar-refractivity contribution in [3.63, 3.8) is 0 Å². The lowest BCUT2D eigenvalue weighted by Crippen LogP contribution is -2.51. The molecule has 0 aromatic heterocycles. The van der Waals surface area contributed by atoms with Crippen molar-refractivity contribution in [3.8, 4) is 0 Å². The number of anilines is 1. The van der Waals surface area contributed by atoms with E-state index in [0.717, 1.165) is 18.1 Å². The Kier molecular flexibility index (Phi) is 3.95. The van der Waals surface area contributed by atoms with E-state index >= 15 is 0 Å². The fourth-order valence-corrected chi connectivity index (χ4v) is 2.97. The molecule has 3 rings (SSSR count). The summed E-state index contributed by atoms with van der Waals surface area (Å²) in [4.78, 5) is 2.43. The van der Waals surface area contributed by atoms with Gasteiger partial charge in [-0.3, -0.25) is 0 Å². The number of benzene rings is 2. The van der Waals surface area contributed by atoms with Crippen LogP contribution in [-0.4, -0.2) is 19.1 Å². The van der Waals surface area contributed by atoms with Gasteiger partial charge in [0, 0.05) is 35.9 Å². The second kappa shape index (κ2) is 5.86. The van der Waals surface area contributed by atoms with Crippen molar-refractivity contribution in [2.75, 3.05) is 18.0 Å². The van der Waals surface area contributed by atoms with Gasteiger partial charge < -0.3 is 10.2 Å². The van der Waals surface area contributed by atoms with Crippen molar-refractivity contribution >= 4 is 17.3 Å². The van der Waals surface area contributed by atoms with Crippen LogP contribution in [0.25, 0.3) is 0 Å². The first kappa shape index (κ1) is 13.5. The van der Waals surface area contributed by atoms with Crippen LogP contribution in [-0.2, 0) is 0 Å². The van der Waals surface area contributed by atoms with E-state index in [4.69, 9.17) is 11.6 Å². The van der Waals surface area contributed by atoms with Gasteiger partial charge in [0.1, 0.15) is 0 Å². The molecule has 2 unspecified atom stereocenters. The van der Waals surface area contributed by atoms with Crippen LogP contribution >= 0.6 is 11.6 Å². The molecule has 1 fully saturated rings. The fourth-order valence-electron chi connectivity index (χ4n) is 2.79. The van der Waals surface area contributed by atoms with Crippen molar-refractivity contribution in [2.45, 2.75) is 19.0 Å². The molecule has 2 nitrogen and oxygen atoms in total. The third-order valence-corrected chi connectivity index (χ3v) is 4.15. The summed E-state index contributed by atoms with van der Waals surface area (Å²) in [5, 5.41) is 4.42. The van der Waals surface area contributed by atoms with Crippen LogP contribution in [0.4, 0.5) is 5.69 Å². The molecule has 3 heteroatoms. The Balaban J connectivity index is 1.84. The second-order valence-electron chi connectivity index (χ2n) is 5.35. The maximum Gasteiger partial charge on any atom is 0.0499 e. The summed E-state index contributed by atoms with van der Waals surface area (Å²) >= 11 is 6.12. The van der Waals surface area contributed by atoms with Gasteiger partial charge >= 0.3 is 0 Å². The maximum absolute atomic E-state index is 6.12. The quantitative estimate of drug-likeness (QED) is 0.901. The SMILES string of the molecule is CC1CNC(c2ccccc2)CN1c1cccc(Cl)c1. The fraction of sp³-hybridized carbons (Fsp3) is 0.294. The van der Waals surface area contributed by atoms with E-state index in [1.165, 1.54) is 11.3 Å². The van der Waals surface area contributed by atoms with Gasteiger partial charge in [0.2, 0.25) is 0 Å². The predicted molar refractivity (Wildman–Crippen MR) is 85.4 cm³/mol. The summed E-state index contributed by atoms with van der Waals surface area (Å²) in [5.41, 5.74) is 2.54. The largest absolute Gasteiger partial charge is 0.366 e. The number of nitrogens with one attached hydrogen (secondary N) is 1. The molecule has 104 valence electrons. The third-order valence-electron chi connectivity index (χ3n) is 3.91. The number of hydrogen-bond donors (Lipinski definition) is 1. The first-order valence-electron chi connectivity index (χ1n) is 7.04. The molecule has 0 spiro atoms. The van der Waals surface area contributed by atoms with Crippen LogP contribution in [0.5, 0.6) is 0 Å². The average Bonchev–Trinajstić information content (AvgIpc) is 2.48. The van der Waals surface area contributed by atoms with Crippen LogP contribution in [0.15, 0.2) is 54.6 Å². The van der Waals surface area contributed by atoms with Crippen molar-refractivity contribution in [1.29, 1.82) is 0 Å². The van der Waals surface area contributed by atoms with Crippen molar-refractivity contribution in [2.24, 2.45) is 0 Å². The predicted octanol–water partition coefficient (Wildman–Crippen LogP) is 3.88. The minimum atomic E-state index is 0.367. The summed E-state index contributed by atoms with van der Waals surface area (Å²) in [6.45, 7) is 4.19. The summed E-state index contributed by atoms with van der Waals surface area (Å²) in [5.74, 6) is 0. The molecule has 2 atom stereocenters.